The summed E-state index contributed by atoms with van der Waals surface area (Å²) in [5, 5.41) is 20.3. The van der Waals surface area contributed by atoms with E-state index >= 15 is 0 Å². The SMILES string of the molecule is OB(O)C1=CCNCC1. The third-order valence-corrected chi connectivity index (χ3v) is 1.43. The van der Waals surface area contributed by atoms with Gasteiger partial charge in [-0.05, 0) is 18.4 Å². The molecule has 0 aromatic heterocycles. The molecule has 1 rings (SSSR count). The Labute approximate surface area is 54.5 Å². The van der Waals surface area contributed by atoms with Crippen molar-refractivity contribution < 1.29 is 10.0 Å². The standard InChI is InChI=1S/C5H10BNO2/c8-6(9)5-1-3-7-4-2-5/h1,7-9H,2-4H2. The van der Waals surface area contributed by atoms with Gasteiger partial charge in [-0.3, -0.25) is 0 Å². The lowest BCUT2D eigenvalue weighted by atomic mass is 9.76. The molecule has 0 amide bonds. The van der Waals surface area contributed by atoms with Crippen LogP contribution in [0, 0.1) is 0 Å². The maximum Gasteiger partial charge on any atom is 0.483 e. The number of hydrogen-bond donors (Lipinski definition) is 3. The summed E-state index contributed by atoms with van der Waals surface area (Å²) in [6.07, 6.45) is 2.56. The minimum atomic E-state index is -1.24. The molecule has 50 valence electrons. The molecule has 0 aromatic rings. The van der Waals surface area contributed by atoms with Gasteiger partial charge in [0.25, 0.3) is 0 Å². The lowest BCUT2D eigenvalue weighted by molar-refractivity contribution is 0.414. The molecule has 0 saturated heterocycles. The molecule has 9 heavy (non-hydrogen) atoms. The predicted octanol–water partition coefficient (Wildman–Crippen LogP) is -1.08. The molecule has 0 radical (unpaired) electrons. The highest BCUT2D eigenvalue weighted by Crippen LogP contribution is 2.03. The third-order valence-electron chi connectivity index (χ3n) is 1.43. The Morgan fingerprint density at radius 1 is 1.56 bits per heavy atom. The highest BCUT2D eigenvalue weighted by molar-refractivity contribution is 6.50. The van der Waals surface area contributed by atoms with E-state index in [9.17, 15) is 0 Å². The summed E-state index contributed by atoms with van der Waals surface area (Å²) in [6.45, 7) is 1.61. The van der Waals surface area contributed by atoms with Crippen molar-refractivity contribution in [1.82, 2.24) is 5.32 Å². The largest absolute Gasteiger partial charge is 0.483 e. The maximum absolute atomic E-state index is 8.64. The van der Waals surface area contributed by atoms with Crippen molar-refractivity contribution in [2.45, 2.75) is 6.42 Å². The van der Waals surface area contributed by atoms with Gasteiger partial charge in [0.05, 0.1) is 0 Å². The fourth-order valence-electron chi connectivity index (χ4n) is 0.875. The second kappa shape index (κ2) is 3.01. The second-order valence-electron chi connectivity index (χ2n) is 2.11. The van der Waals surface area contributed by atoms with Crippen molar-refractivity contribution in [2.24, 2.45) is 0 Å². The van der Waals surface area contributed by atoms with Gasteiger partial charge in [0.1, 0.15) is 0 Å². The van der Waals surface area contributed by atoms with E-state index in [1.165, 1.54) is 0 Å². The Hall–Kier alpha value is -0.315. The highest BCUT2D eigenvalue weighted by Gasteiger charge is 2.15. The molecule has 0 saturated carbocycles. The summed E-state index contributed by atoms with van der Waals surface area (Å²) >= 11 is 0. The Bertz CT molecular complexity index is 124. The van der Waals surface area contributed by atoms with Crippen LogP contribution in [0.3, 0.4) is 0 Å². The van der Waals surface area contributed by atoms with E-state index in [1.807, 2.05) is 6.08 Å². The maximum atomic E-state index is 8.64. The first-order valence-corrected chi connectivity index (χ1v) is 3.06. The molecule has 0 unspecified atom stereocenters. The molecule has 0 fully saturated rings. The van der Waals surface area contributed by atoms with Crippen LogP contribution < -0.4 is 5.32 Å². The van der Waals surface area contributed by atoms with Crippen molar-refractivity contribution in [2.75, 3.05) is 13.1 Å². The molecule has 0 bridgehead atoms. The van der Waals surface area contributed by atoms with Gasteiger partial charge in [0.15, 0.2) is 0 Å². The van der Waals surface area contributed by atoms with Crippen LogP contribution in [0.1, 0.15) is 6.42 Å². The minimum absolute atomic E-state index is 0.730. The summed E-state index contributed by atoms with van der Waals surface area (Å²) in [4.78, 5) is 0. The molecule has 1 heterocycles. The smallest absolute Gasteiger partial charge is 0.423 e. The molecule has 0 aliphatic carbocycles. The molecule has 0 atom stereocenters. The summed E-state index contributed by atoms with van der Waals surface area (Å²) in [5.74, 6) is 0. The predicted molar refractivity (Wildman–Crippen MR) is 35.8 cm³/mol. The lowest BCUT2D eigenvalue weighted by Crippen LogP contribution is -2.27. The number of nitrogens with one attached hydrogen (secondary N) is 1. The van der Waals surface area contributed by atoms with Crippen molar-refractivity contribution in [1.29, 1.82) is 0 Å². The quantitative estimate of drug-likeness (QED) is 0.392. The second-order valence-corrected chi connectivity index (χ2v) is 2.11. The average molecular weight is 127 g/mol. The molecule has 3 nitrogen and oxygen atoms in total. The van der Waals surface area contributed by atoms with Crippen LogP contribution in [0.15, 0.2) is 11.5 Å². The van der Waals surface area contributed by atoms with E-state index in [-0.39, 0.29) is 0 Å². The summed E-state index contributed by atoms with van der Waals surface area (Å²) in [5.41, 5.74) is 0.730. The van der Waals surface area contributed by atoms with Crippen molar-refractivity contribution in [3.05, 3.63) is 11.5 Å². The van der Waals surface area contributed by atoms with E-state index in [0.29, 0.717) is 0 Å². The zero-order chi connectivity index (χ0) is 6.69. The summed E-state index contributed by atoms with van der Waals surface area (Å²) < 4.78 is 0. The third kappa shape index (κ3) is 1.82. The molecule has 0 aromatic carbocycles. The van der Waals surface area contributed by atoms with Crippen LogP contribution in [0.2, 0.25) is 0 Å². The van der Waals surface area contributed by atoms with Gasteiger partial charge in [-0.25, -0.2) is 0 Å². The van der Waals surface area contributed by atoms with Crippen LogP contribution in [0.4, 0.5) is 0 Å². The Kier molecular flexibility index (Phi) is 2.27. The van der Waals surface area contributed by atoms with Crippen molar-refractivity contribution in [3.63, 3.8) is 0 Å². The van der Waals surface area contributed by atoms with Gasteiger partial charge in [-0.1, -0.05) is 6.08 Å². The fraction of sp³-hybridized carbons (Fsp3) is 0.600. The number of hydrogen-bond acceptors (Lipinski definition) is 3. The summed E-state index contributed by atoms with van der Waals surface area (Å²) in [7, 11) is -1.24. The Morgan fingerprint density at radius 3 is 2.67 bits per heavy atom. The first kappa shape index (κ1) is 6.80. The first-order valence-electron chi connectivity index (χ1n) is 3.06. The van der Waals surface area contributed by atoms with E-state index < -0.39 is 7.12 Å². The molecule has 1 aliphatic rings. The van der Waals surface area contributed by atoms with E-state index in [2.05, 4.69) is 5.32 Å². The van der Waals surface area contributed by atoms with Crippen LogP contribution in [0.5, 0.6) is 0 Å². The Morgan fingerprint density at radius 2 is 2.33 bits per heavy atom. The van der Waals surface area contributed by atoms with Gasteiger partial charge in [-0.2, -0.15) is 0 Å². The zero-order valence-electron chi connectivity index (χ0n) is 5.17. The minimum Gasteiger partial charge on any atom is -0.423 e. The van der Waals surface area contributed by atoms with Gasteiger partial charge in [-0.15, -0.1) is 0 Å². The normalized spacial score (nSPS) is 19.1. The molecule has 3 N–H and O–H groups in total. The lowest BCUT2D eigenvalue weighted by Gasteiger charge is -2.12. The Balaban J connectivity index is 2.46. The molecular weight excluding hydrogens is 117 g/mol. The topological polar surface area (TPSA) is 52.5 Å². The van der Waals surface area contributed by atoms with E-state index in [1.54, 1.807) is 0 Å². The first-order chi connectivity index (χ1) is 4.30. The molecular formula is C5H10BNO2. The van der Waals surface area contributed by atoms with Gasteiger partial charge >= 0.3 is 7.12 Å². The van der Waals surface area contributed by atoms with Crippen LogP contribution in [-0.4, -0.2) is 30.3 Å². The zero-order valence-corrected chi connectivity index (χ0v) is 5.17. The highest BCUT2D eigenvalue weighted by atomic mass is 16.4. The molecule has 1 aliphatic heterocycles. The van der Waals surface area contributed by atoms with E-state index in [0.717, 1.165) is 25.0 Å². The average Bonchev–Trinajstić information content (AvgIpc) is 1.90. The fourth-order valence-corrected chi connectivity index (χ4v) is 0.875. The van der Waals surface area contributed by atoms with Gasteiger partial charge in [0, 0.05) is 6.54 Å². The number of rotatable bonds is 1. The molecule has 4 heteroatoms. The van der Waals surface area contributed by atoms with Gasteiger partial charge < -0.3 is 15.4 Å². The molecule has 0 spiro atoms. The van der Waals surface area contributed by atoms with Crippen LogP contribution in [0.25, 0.3) is 0 Å². The monoisotopic (exact) mass is 127 g/mol. The summed E-state index contributed by atoms with van der Waals surface area (Å²) in [6, 6.07) is 0. The van der Waals surface area contributed by atoms with Crippen LogP contribution >= 0.6 is 0 Å². The van der Waals surface area contributed by atoms with Crippen molar-refractivity contribution >= 4 is 7.12 Å². The van der Waals surface area contributed by atoms with Crippen molar-refractivity contribution in [3.8, 4) is 0 Å². The van der Waals surface area contributed by atoms with Gasteiger partial charge in [0.2, 0.25) is 0 Å². The van der Waals surface area contributed by atoms with Crippen LogP contribution in [-0.2, 0) is 0 Å². The van der Waals surface area contributed by atoms with E-state index in [4.69, 9.17) is 10.0 Å².